The van der Waals surface area contributed by atoms with Gasteiger partial charge in [-0.05, 0) is 0 Å². The Morgan fingerprint density at radius 2 is 1.80 bits per heavy atom. The molecule has 1 aliphatic rings. The standard InChI is InChI=1S/C4H4F4O2/c5-3(6)1(9)2-4(7,8)10-2/h1-3,9H. The number of hydrogen-bond donors (Lipinski definition) is 1. The van der Waals surface area contributed by atoms with Crippen LogP contribution in [-0.2, 0) is 4.74 Å². The monoisotopic (exact) mass is 160 g/mol. The first kappa shape index (κ1) is 7.74. The number of rotatable bonds is 2. The predicted molar refractivity (Wildman–Crippen MR) is 21.8 cm³/mol. The molecule has 2 unspecified atom stereocenters. The van der Waals surface area contributed by atoms with Crippen LogP contribution in [0.4, 0.5) is 17.6 Å². The highest BCUT2D eigenvalue weighted by Gasteiger charge is 2.65. The van der Waals surface area contributed by atoms with Gasteiger partial charge >= 0.3 is 6.11 Å². The van der Waals surface area contributed by atoms with E-state index in [9.17, 15) is 17.6 Å². The molecule has 60 valence electrons. The molecule has 1 N–H and O–H groups in total. The molecule has 0 aromatic carbocycles. The lowest BCUT2D eigenvalue weighted by molar-refractivity contribution is -0.0249. The van der Waals surface area contributed by atoms with Gasteiger partial charge in [0.1, 0.15) is 6.10 Å². The zero-order chi connectivity index (χ0) is 7.94. The van der Waals surface area contributed by atoms with Gasteiger partial charge < -0.3 is 9.84 Å². The molecule has 0 saturated carbocycles. The Morgan fingerprint density at radius 3 is 1.90 bits per heavy atom. The molecule has 1 rings (SSSR count). The Kier molecular flexibility index (Phi) is 1.60. The summed E-state index contributed by atoms with van der Waals surface area (Å²) >= 11 is 0. The molecule has 0 aromatic heterocycles. The fraction of sp³-hybridized carbons (Fsp3) is 1.00. The minimum atomic E-state index is -3.56. The summed E-state index contributed by atoms with van der Waals surface area (Å²) in [6, 6.07) is 0. The largest absolute Gasteiger partial charge is 0.385 e. The van der Waals surface area contributed by atoms with Crippen molar-refractivity contribution < 1.29 is 27.4 Å². The van der Waals surface area contributed by atoms with Crippen molar-refractivity contribution in [1.29, 1.82) is 0 Å². The highest BCUT2D eigenvalue weighted by molar-refractivity contribution is 4.91. The minimum absolute atomic E-state index is 2.02. The number of halogens is 4. The number of epoxide rings is 1. The van der Waals surface area contributed by atoms with Crippen LogP contribution in [0.25, 0.3) is 0 Å². The molecule has 1 heterocycles. The van der Waals surface area contributed by atoms with Crippen LogP contribution in [0.5, 0.6) is 0 Å². The third-order valence-corrected chi connectivity index (χ3v) is 1.13. The van der Waals surface area contributed by atoms with Gasteiger partial charge in [0.25, 0.3) is 6.43 Å². The number of alkyl halides is 4. The lowest BCUT2D eigenvalue weighted by atomic mass is 10.3. The number of aliphatic hydroxyl groups excluding tert-OH is 1. The van der Waals surface area contributed by atoms with E-state index >= 15 is 0 Å². The third kappa shape index (κ3) is 1.22. The summed E-state index contributed by atoms with van der Waals surface area (Å²) < 4.78 is 49.6. The summed E-state index contributed by atoms with van der Waals surface area (Å²) in [5.74, 6) is 0. The zero-order valence-electron chi connectivity index (χ0n) is 4.60. The van der Waals surface area contributed by atoms with Gasteiger partial charge in [-0.15, -0.1) is 0 Å². The van der Waals surface area contributed by atoms with E-state index in [1.54, 1.807) is 0 Å². The quantitative estimate of drug-likeness (QED) is 0.474. The highest BCUT2D eigenvalue weighted by Crippen LogP contribution is 2.42. The first-order chi connectivity index (χ1) is 4.45. The van der Waals surface area contributed by atoms with Crippen molar-refractivity contribution in [3.8, 4) is 0 Å². The smallest absolute Gasteiger partial charge is 0.384 e. The second-order valence-corrected chi connectivity index (χ2v) is 1.93. The highest BCUT2D eigenvalue weighted by atomic mass is 19.3. The van der Waals surface area contributed by atoms with Gasteiger partial charge in [0.15, 0.2) is 6.10 Å². The molecule has 2 nitrogen and oxygen atoms in total. The molecule has 0 spiro atoms. The topological polar surface area (TPSA) is 32.8 Å². The van der Waals surface area contributed by atoms with Gasteiger partial charge in [0, 0.05) is 0 Å². The zero-order valence-corrected chi connectivity index (χ0v) is 4.60. The molecule has 0 amide bonds. The van der Waals surface area contributed by atoms with Crippen molar-refractivity contribution in [2.75, 3.05) is 0 Å². The molecule has 1 fully saturated rings. The maximum absolute atomic E-state index is 11.7. The fourth-order valence-corrected chi connectivity index (χ4v) is 0.536. The second kappa shape index (κ2) is 2.06. The summed E-state index contributed by atoms with van der Waals surface area (Å²) in [5, 5.41) is 8.25. The summed E-state index contributed by atoms with van der Waals surface area (Å²) in [4.78, 5) is 0. The molecule has 0 radical (unpaired) electrons. The van der Waals surface area contributed by atoms with Crippen LogP contribution in [0.3, 0.4) is 0 Å². The average Bonchev–Trinajstić information content (AvgIpc) is 2.38. The summed E-state index contributed by atoms with van der Waals surface area (Å²) in [6.07, 6.45) is -11.1. The van der Waals surface area contributed by atoms with Crippen LogP contribution in [0.15, 0.2) is 0 Å². The van der Waals surface area contributed by atoms with Crippen molar-refractivity contribution in [2.45, 2.75) is 24.7 Å². The normalized spacial score (nSPS) is 32.4. The molecular formula is C4H4F4O2. The van der Waals surface area contributed by atoms with E-state index in [1.807, 2.05) is 0 Å². The maximum atomic E-state index is 11.7. The Morgan fingerprint density at radius 1 is 1.40 bits per heavy atom. The Hall–Kier alpha value is -0.360. The maximum Gasteiger partial charge on any atom is 0.385 e. The van der Waals surface area contributed by atoms with E-state index in [1.165, 1.54) is 0 Å². The van der Waals surface area contributed by atoms with Crippen LogP contribution < -0.4 is 0 Å². The molecule has 1 saturated heterocycles. The van der Waals surface area contributed by atoms with E-state index in [4.69, 9.17) is 5.11 Å². The van der Waals surface area contributed by atoms with Gasteiger partial charge in [0.2, 0.25) is 0 Å². The van der Waals surface area contributed by atoms with Crippen molar-refractivity contribution >= 4 is 0 Å². The van der Waals surface area contributed by atoms with E-state index in [-0.39, 0.29) is 0 Å². The summed E-state index contributed by atoms with van der Waals surface area (Å²) in [7, 11) is 0. The Bertz CT molecular complexity index is 137. The van der Waals surface area contributed by atoms with Crippen LogP contribution in [0, 0.1) is 0 Å². The van der Waals surface area contributed by atoms with E-state index in [0.717, 1.165) is 0 Å². The Balaban J connectivity index is 2.40. The van der Waals surface area contributed by atoms with Gasteiger partial charge in [0.05, 0.1) is 0 Å². The molecule has 0 aromatic rings. The predicted octanol–water partition coefficient (Wildman–Crippen LogP) is 0.604. The van der Waals surface area contributed by atoms with Gasteiger partial charge in [-0.2, -0.15) is 8.78 Å². The lowest BCUT2D eigenvalue weighted by Crippen LogP contribution is -2.26. The molecule has 2 atom stereocenters. The van der Waals surface area contributed by atoms with Gasteiger partial charge in [-0.1, -0.05) is 0 Å². The molecule has 6 heteroatoms. The van der Waals surface area contributed by atoms with Crippen LogP contribution >= 0.6 is 0 Å². The Labute approximate surface area is 53.4 Å². The fourth-order valence-electron chi connectivity index (χ4n) is 0.536. The molecule has 0 aliphatic carbocycles. The van der Waals surface area contributed by atoms with Crippen LogP contribution in [0.1, 0.15) is 0 Å². The summed E-state index contributed by atoms with van der Waals surface area (Å²) in [5.41, 5.74) is 0. The van der Waals surface area contributed by atoms with Crippen molar-refractivity contribution in [2.24, 2.45) is 0 Å². The number of ether oxygens (including phenoxy) is 1. The second-order valence-electron chi connectivity index (χ2n) is 1.93. The third-order valence-electron chi connectivity index (χ3n) is 1.13. The van der Waals surface area contributed by atoms with Crippen molar-refractivity contribution in [3.63, 3.8) is 0 Å². The SMILES string of the molecule is OC(C(F)F)C1OC1(F)F. The minimum Gasteiger partial charge on any atom is -0.384 e. The first-order valence-corrected chi connectivity index (χ1v) is 2.47. The molecular weight excluding hydrogens is 156 g/mol. The van der Waals surface area contributed by atoms with Crippen molar-refractivity contribution in [1.82, 2.24) is 0 Å². The van der Waals surface area contributed by atoms with Crippen LogP contribution in [-0.4, -0.2) is 29.8 Å². The number of hydrogen-bond acceptors (Lipinski definition) is 2. The molecule has 1 aliphatic heterocycles. The first-order valence-electron chi connectivity index (χ1n) is 2.47. The lowest BCUT2D eigenvalue weighted by Gasteiger charge is -2.02. The molecule has 0 bridgehead atoms. The van der Waals surface area contributed by atoms with E-state index in [2.05, 4.69) is 4.74 Å². The van der Waals surface area contributed by atoms with Crippen LogP contribution in [0.2, 0.25) is 0 Å². The van der Waals surface area contributed by atoms with E-state index in [0.29, 0.717) is 0 Å². The summed E-state index contributed by atoms with van der Waals surface area (Å²) in [6.45, 7) is 0. The van der Waals surface area contributed by atoms with E-state index < -0.39 is 24.7 Å². The average molecular weight is 160 g/mol. The van der Waals surface area contributed by atoms with Gasteiger partial charge in [-0.25, -0.2) is 8.78 Å². The molecule has 10 heavy (non-hydrogen) atoms. The van der Waals surface area contributed by atoms with Gasteiger partial charge in [-0.3, -0.25) is 0 Å². The van der Waals surface area contributed by atoms with Crippen molar-refractivity contribution in [3.05, 3.63) is 0 Å². The number of aliphatic hydroxyl groups is 1.